The van der Waals surface area contributed by atoms with Gasteiger partial charge in [-0.15, -0.1) is 0 Å². The van der Waals surface area contributed by atoms with Gasteiger partial charge in [0.1, 0.15) is 41.8 Å². The van der Waals surface area contributed by atoms with Crippen LogP contribution in [0.1, 0.15) is 36.2 Å². The number of rotatable bonds is 6. The van der Waals surface area contributed by atoms with Gasteiger partial charge in [0, 0.05) is 24.2 Å². The zero-order chi connectivity index (χ0) is 25.5. The molecule has 4 rings (SSSR count). The number of carbonyl (C=O) groups excluding carboxylic acids is 2. The van der Waals surface area contributed by atoms with Crippen LogP contribution >= 0.6 is 0 Å². The van der Waals surface area contributed by atoms with Crippen LogP contribution in [0.15, 0.2) is 30.3 Å². The number of hydrogen-bond donors (Lipinski definition) is 2. The summed E-state index contributed by atoms with van der Waals surface area (Å²) in [7, 11) is 0. The highest BCUT2D eigenvalue weighted by Gasteiger charge is 2.58. The average Bonchev–Trinajstić information content (AvgIpc) is 2.78. The van der Waals surface area contributed by atoms with Crippen molar-refractivity contribution in [2.45, 2.75) is 32.8 Å². The quantitative estimate of drug-likeness (QED) is 0.637. The molecule has 2 aliphatic rings. The number of Topliss-reactive ketones (excluding diaryl/α,β-unsaturated/α-hetero) is 1. The van der Waals surface area contributed by atoms with Crippen LogP contribution in [0, 0.1) is 18.2 Å². The van der Waals surface area contributed by atoms with Gasteiger partial charge in [0.15, 0.2) is 11.4 Å². The van der Waals surface area contributed by atoms with Crippen molar-refractivity contribution >= 4 is 23.3 Å². The van der Waals surface area contributed by atoms with Gasteiger partial charge in [-0.05, 0) is 32.9 Å². The number of benzene rings is 2. The maximum atomic E-state index is 14.0. The summed E-state index contributed by atoms with van der Waals surface area (Å²) >= 11 is 0. The second-order valence-electron chi connectivity index (χ2n) is 9.15. The van der Waals surface area contributed by atoms with Gasteiger partial charge in [-0.1, -0.05) is 6.07 Å². The molecule has 186 valence electrons. The van der Waals surface area contributed by atoms with Gasteiger partial charge in [-0.2, -0.15) is 0 Å². The zero-order valence-corrected chi connectivity index (χ0v) is 19.6. The second kappa shape index (κ2) is 8.84. The van der Waals surface area contributed by atoms with E-state index >= 15 is 0 Å². The predicted molar refractivity (Wildman–Crippen MR) is 122 cm³/mol. The van der Waals surface area contributed by atoms with E-state index in [2.05, 4.69) is 0 Å². The largest absolute Gasteiger partial charge is 0.507 e. The fourth-order valence-corrected chi connectivity index (χ4v) is 4.43. The minimum absolute atomic E-state index is 0.00535. The lowest BCUT2D eigenvalue weighted by Crippen LogP contribution is -2.60. The number of ether oxygens (including phenoxy) is 3. The molecule has 2 aromatic carbocycles. The first-order chi connectivity index (χ1) is 16.5. The molecule has 9 nitrogen and oxygen atoms in total. The highest BCUT2D eigenvalue weighted by molar-refractivity contribution is 6.09. The number of carbonyl (C=O) groups is 3. The Morgan fingerprint density at radius 1 is 1.26 bits per heavy atom. The maximum absolute atomic E-state index is 14.0. The van der Waals surface area contributed by atoms with E-state index in [9.17, 15) is 29.0 Å². The van der Waals surface area contributed by atoms with Crippen LogP contribution in [0.4, 0.5) is 10.1 Å². The van der Waals surface area contributed by atoms with E-state index in [1.54, 1.807) is 6.07 Å². The number of fused-ring (bicyclic) bond motifs is 1. The van der Waals surface area contributed by atoms with Crippen LogP contribution in [0.5, 0.6) is 17.2 Å². The Morgan fingerprint density at radius 3 is 2.69 bits per heavy atom. The van der Waals surface area contributed by atoms with Crippen LogP contribution in [0.3, 0.4) is 0 Å². The smallest absolute Gasteiger partial charge is 0.304 e. The maximum Gasteiger partial charge on any atom is 0.304 e. The Balaban J connectivity index is 1.77. The Kier molecular flexibility index (Phi) is 6.18. The number of morpholine rings is 1. The average molecular weight is 487 g/mol. The molecule has 0 bridgehead atoms. The van der Waals surface area contributed by atoms with Crippen molar-refractivity contribution in [1.82, 2.24) is 0 Å². The third-order valence-electron chi connectivity index (χ3n) is 6.82. The van der Waals surface area contributed by atoms with Gasteiger partial charge >= 0.3 is 5.97 Å². The minimum atomic E-state index is -1.64. The van der Waals surface area contributed by atoms with E-state index in [-0.39, 0.29) is 48.3 Å². The lowest BCUT2D eigenvalue weighted by Gasteiger charge is -2.48. The molecule has 1 fully saturated rings. The molecule has 2 heterocycles. The fraction of sp³-hybridized carbons (Fsp3) is 0.400. The lowest BCUT2D eigenvalue weighted by molar-refractivity contribution is -0.144. The highest BCUT2D eigenvalue weighted by Crippen LogP contribution is 2.51. The van der Waals surface area contributed by atoms with Crippen molar-refractivity contribution < 1.29 is 43.2 Å². The van der Waals surface area contributed by atoms with Crippen molar-refractivity contribution in [3.05, 3.63) is 47.3 Å². The van der Waals surface area contributed by atoms with Gasteiger partial charge in [0.25, 0.3) is 5.91 Å². The molecule has 2 unspecified atom stereocenters. The molecule has 10 heteroatoms. The first-order valence-electron chi connectivity index (χ1n) is 11.1. The zero-order valence-electron chi connectivity index (χ0n) is 19.6. The number of hydrogen-bond acceptors (Lipinski definition) is 7. The van der Waals surface area contributed by atoms with Gasteiger partial charge in [0.2, 0.25) is 0 Å². The van der Waals surface area contributed by atoms with E-state index in [0.29, 0.717) is 12.3 Å². The lowest BCUT2D eigenvalue weighted by atomic mass is 9.65. The molecule has 0 radical (unpaired) electrons. The third-order valence-corrected chi connectivity index (χ3v) is 6.82. The summed E-state index contributed by atoms with van der Waals surface area (Å²) in [6, 6.07) is 7.06. The summed E-state index contributed by atoms with van der Waals surface area (Å²) in [5.41, 5.74) is -2.76. The van der Waals surface area contributed by atoms with E-state index < -0.39 is 40.8 Å². The van der Waals surface area contributed by atoms with Crippen LogP contribution in [0.25, 0.3) is 0 Å². The summed E-state index contributed by atoms with van der Waals surface area (Å²) in [5.74, 6) is -2.88. The van der Waals surface area contributed by atoms with E-state index in [1.165, 1.54) is 49.9 Å². The molecule has 2 aliphatic heterocycles. The number of carboxylic acids is 1. The Morgan fingerprint density at radius 2 is 2.00 bits per heavy atom. The highest BCUT2D eigenvalue weighted by atomic mass is 19.1. The van der Waals surface area contributed by atoms with Crippen LogP contribution in [-0.2, 0) is 14.3 Å². The summed E-state index contributed by atoms with van der Waals surface area (Å²) in [5, 5.41) is 20.3. The molecule has 2 atom stereocenters. The molecular weight excluding hydrogens is 461 g/mol. The van der Waals surface area contributed by atoms with Gasteiger partial charge in [-0.25, -0.2) is 4.39 Å². The summed E-state index contributed by atoms with van der Waals surface area (Å²) in [4.78, 5) is 39.1. The Bertz CT molecular complexity index is 1210. The first kappa shape index (κ1) is 24.5. The monoisotopic (exact) mass is 487 g/mol. The summed E-state index contributed by atoms with van der Waals surface area (Å²) in [6.45, 7) is 4.66. The number of halogens is 1. The molecule has 1 amide bonds. The predicted octanol–water partition coefficient (Wildman–Crippen LogP) is 3.10. The van der Waals surface area contributed by atoms with Gasteiger partial charge in [-0.3, -0.25) is 14.4 Å². The third kappa shape index (κ3) is 4.18. The van der Waals surface area contributed by atoms with E-state index in [4.69, 9.17) is 14.2 Å². The number of ketones is 1. The molecule has 0 saturated carbocycles. The molecule has 0 aliphatic carbocycles. The number of phenolic OH excluding ortho intramolecular Hbond substituents is 1. The molecular formula is C25H26FNO8. The SMILES string of the molecule is Cc1c(F)cccc1OCC1(C)Oc2cc(N3CCOCC3=O)cc(O)c2C(=O)C1(C)CC(=O)O. The van der Waals surface area contributed by atoms with E-state index in [0.717, 1.165) is 0 Å². The number of carboxylic acid groups (broad SMARTS) is 1. The number of anilines is 1. The Hall–Kier alpha value is -3.66. The molecule has 2 N–H and O–H groups in total. The van der Waals surface area contributed by atoms with E-state index in [1.807, 2.05) is 0 Å². The van der Waals surface area contributed by atoms with Gasteiger partial charge < -0.3 is 29.3 Å². The molecule has 0 spiro atoms. The standard InChI is InChI=1S/C25H26FNO8/c1-14-16(26)5-4-6-18(14)34-13-25(3)24(2,11-21(30)31)23(32)22-17(28)9-15(10-19(22)35-25)27-7-8-33-12-20(27)29/h4-6,9-10,28H,7-8,11-13H2,1-3H3,(H,30,31). The van der Waals surface area contributed by atoms with Crippen LogP contribution in [0.2, 0.25) is 0 Å². The van der Waals surface area contributed by atoms with Crippen molar-refractivity contribution in [2.24, 2.45) is 5.41 Å². The fourth-order valence-electron chi connectivity index (χ4n) is 4.43. The number of nitrogens with zero attached hydrogens (tertiary/aromatic N) is 1. The molecule has 0 aromatic heterocycles. The molecule has 2 aromatic rings. The minimum Gasteiger partial charge on any atom is -0.507 e. The second-order valence-corrected chi connectivity index (χ2v) is 9.15. The normalized spacial score (nSPS) is 24.1. The molecule has 35 heavy (non-hydrogen) atoms. The number of amides is 1. The van der Waals surface area contributed by atoms with Crippen LogP contribution < -0.4 is 14.4 Å². The number of aliphatic carboxylic acids is 1. The molecule has 1 saturated heterocycles. The summed E-state index contributed by atoms with van der Waals surface area (Å²) < 4.78 is 31.2. The summed E-state index contributed by atoms with van der Waals surface area (Å²) in [6.07, 6.45) is -0.601. The van der Waals surface area contributed by atoms with Crippen LogP contribution in [-0.4, -0.2) is 59.8 Å². The van der Waals surface area contributed by atoms with Crippen molar-refractivity contribution in [3.8, 4) is 17.2 Å². The number of phenols is 1. The van der Waals surface area contributed by atoms with Crippen molar-refractivity contribution in [2.75, 3.05) is 31.3 Å². The Labute approximate surface area is 201 Å². The topological polar surface area (TPSA) is 123 Å². The van der Waals surface area contributed by atoms with Crippen molar-refractivity contribution in [3.63, 3.8) is 0 Å². The van der Waals surface area contributed by atoms with Crippen molar-refractivity contribution in [1.29, 1.82) is 0 Å². The number of aromatic hydroxyl groups is 1. The van der Waals surface area contributed by atoms with Gasteiger partial charge in [0.05, 0.1) is 24.1 Å². The first-order valence-corrected chi connectivity index (χ1v) is 11.1.